The molecular weight excluding hydrogens is 548 g/mol. The van der Waals surface area contributed by atoms with Crippen LogP contribution in [0, 0.1) is 37.5 Å². The smallest absolute Gasteiger partial charge is 0.163 e. The minimum atomic E-state index is -0.767. The van der Waals surface area contributed by atoms with Gasteiger partial charge in [0.05, 0.1) is 24.0 Å². The molecule has 232 valence electrons. The summed E-state index contributed by atoms with van der Waals surface area (Å²) in [4.78, 5) is 53.3. The number of carbonyl (C=O) groups is 4. The summed E-state index contributed by atoms with van der Waals surface area (Å²) in [6.45, 7) is 11.4. The molecule has 3 aromatic carbocycles. The van der Waals surface area contributed by atoms with Crippen molar-refractivity contribution in [2.24, 2.45) is 23.7 Å². The lowest BCUT2D eigenvalue weighted by molar-refractivity contribution is -0.135. The van der Waals surface area contributed by atoms with Gasteiger partial charge >= 0.3 is 0 Å². The van der Waals surface area contributed by atoms with Crippen LogP contribution in [0.15, 0.2) is 72.8 Å². The molecule has 4 rings (SSSR count). The molecule has 1 saturated heterocycles. The minimum Gasteiger partial charge on any atom is -0.374 e. The van der Waals surface area contributed by atoms with E-state index in [0.717, 1.165) is 27.8 Å². The zero-order valence-electron chi connectivity index (χ0n) is 27.0. The first-order valence-electron chi connectivity index (χ1n) is 15.8. The van der Waals surface area contributed by atoms with Crippen molar-refractivity contribution >= 4 is 23.1 Å². The quantitative estimate of drug-likeness (QED) is 0.183. The molecule has 3 aromatic rings. The van der Waals surface area contributed by atoms with Gasteiger partial charge in [-0.15, -0.1) is 0 Å². The van der Waals surface area contributed by atoms with Crippen molar-refractivity contribution in [2.75, 3.05) is 6.61 Å². The van der Waals surface area contributed by atoms with Gasteiger partial charge < -0.3 is 4.74 Å². The van der Waals surface area contributed by atoms with E-state index in [9.17, 15) is 19.2 Å². The van der Waals surface area contributed by atoms with Crippen LogP contribution in [0.4, 0.5) is 0 Å². The maximum atomic E-state index is 14.3. The molecule has 0 spiro atoms. The van der Waals surface area contributed by atoms with Gasteiger partial charge in [-0.3, -0.25) is 19.2 Å². The zero-order chi connectivity index (χ0) is 32.0. The van der Waals surface area contributed by atoms with Crippen LogP contribution in [0.1, 0.15) is 78.7 Å². The molecule has 0 amide bonds. The number of Topliss-reactive ketones (excluding diaryl/α,β-unsaturated/α-hetero) is 4. The minimum absolute atomic E-state index is 0.00734. The van der Waals surface area contributed by atoms with Gasteiger partial charge in [0.1, 0.15) is 17.3 Å². The number of hydrogen-bond donors (Lipinski definition) is 0. The predicted molar refractivity (Wildman–Crippen MR) is 174 cm³/mol. The summed E-state index contributed by atoms with van der Waals surface area (Å²) in [5, 5.41) is 0. The normalized spacial score (nSPS) is 18.9. The van der Waals surface area contributed by atoms with Crippen LogP contribution >= 0.6 is 0 Å². The SMILES string of the molecule is CC(=O)Cc1cccc(CCC(=O)C2C(C(=O)C(C)C(CC(=O)c3cccc(C)c3C)Cc3ccccc3)COC2(C)C)c1. The van der Waals surface area contributed by atoms with Crippen LogP contribution in [-0.4, -0.2) is 35.3 Å². The molecule has 5 heteroatoms. The zero-order valence-corrected chi connectivity index (χ0v) is 27.0. The summed E-state index contributed by atoms with van der Waals surface area (Å²) >= 11 is 0. The Kier molecular flexibility index (Phi) is 10.9. The molecule has 0 bridgehead atoms. The highest BCUT2D eigenvalue weighted by Gasteiger charge is 2.51. The third-order valence-corrected chi connectivity index (χ3v) is 9.45. The Morgan fingerprint density at radius 1 is 0.886 bits per heavy atom. The Labute approximate surface area is 262 Å². The van der Waals surface area contributed by atoms with Gasteiger partial charge in [-0.2, -0.15) is 0 Å². The number of rotatable bonds is 14. The predicted octanol–water partition coefficient (Wildman–Crippen LogP) is 7.31. The molecule has 1 aliphatic heterocycles. The van der Waals surface area contributed by atoms with E-state index in [4.69, 9.17) is 4.74 Å². The highest BCUT2D eigenvalue weighted by Crippen LogP contribution is 2.41. The fourth-order valence-electron chi connectivity index (χ4n) is 6.75. The maximum Gasteiger partial charge on any atom is 0.163 e. The highest BCUT2D eigenvalue weighted by atomic mass is 16.5. The van der Waals surface area contributed by atoms with E-state index >= 15 is 0 Å². The summed E-state index contributed by atoms with van der Waals surface area (Å²) in [6.07, 6.45) is 2.04. The van der Waals surface area contributed by atoms with Gasteiger partial charge in [-0.25, -0.2) is 0 Å². The summed E-state index contributed by atoms with van der Waals surface area (Å²) in [5.41, 5.74) is 4.99. The van der Waals surface area contributed by atoms with Crippen molar-refractivity contribution in [3.63, 3.8) is 0 Å². The van der Waals surface area contributed by atoms with E-state index < -0.39 is 23.4 Å². The van der Waals surface area contributed by atoms with Gasteiger partial charge in [-0.1, -0.05) is 79.7 Å². The van der Waals surface area contributed by atoms with Gasteiger partial charge in [0.15, 0.2) is 5.78 Å². The van der Waals surface area contributed by atoms with Crippen LogP contribution in [0.3, 0.4) is 0 Å². The number of benzene rings is 3. The Hall–Kier alpha value is -3.70. The topological polar surface area (TPSA) is 77.5 Å². The molecule has 1 heterocycles. The summed E-state index contributed by atoms with van der Waals surface area (Å²) in [5.74, 6) is -1.65. The van der Waals surface area contributed by atoms with E-state index in [2.05, 4.69) is 0 Å². The molecule has 5 nitrogen and oxygen atoms in total. The molecule has 0 radical (unpaired) electrons. The molecule has 0 aromatic heterocycles. The van der Waals surface area contributed by atoms with E-state index in [1.807, 2.05) is 107 Å². The third-order valence-electron chi connectivity index (χ3n) is 9.45. The second kappa shape index (κ2) is 14.4. The first-order valence-corrected chi connectivity index (χ1v) is 15.8. The van der Waals surface area contributed by atoms with Crippen LogP contribution in [0.2, 0.25) is 0 Å². The molecule has 1 aliphatic rings. The van der Waals surface area contributed by atoms with Crippen molar-refractivity contribution in [1.29, 1.82) is 0 Å². The summed E-state index contributed by atoms with van der Waals surface area (Å²) < 4.78 is 6.10. The highest BCUT2D eigenvalue weighted by molar-refractivity contribution is 5.98. The molecule has 1 fully saturated rings. The second-order valence-corrected chi connectivity index (χ2v) is 13.2. The van der Waals surface area contributed by atoms with Crippen LogP contribution < -0.4 is 0 Å². The third kappa shape index (κ3) is 8.06. The molecular formula is C39H46O5. The summed E-state index contributed by atoms with van der Waals surface area (Å²) in [7, 11) is 0. The lowest BCUT2D eigenvalue weighted by Gasteiger charge is -2.30. The maximum absolute atomic E-state index is 14.3. The molecule has 0 saturated carbocycles. The van der Waals surface area contributed by atoms with Crippen molar-refractivity contribution in [2.45, 2.75) is 79.2 Å². The lowest BCUT2D eigenvalue weighted by atomic mass is 9.71. The Bertz CT molecular complexity index is 1500. The Balaban J connectivity index is 1.53. The lowest BCUT2D eigenvalue weighted by Crippen LogP contribution is -2.41. The first kappa shape index (κ1) is 33.2. The van der Waals surface area contributed by atoms with Crippen molar-refractivity contribution in [3.05, 3.63) is 106 Å². The van der Waals surface area contributed by atoms with Gasteiger partial charge in [0.2, 0.25) is 0 Å². The van der Waals surface area contributed by atoms with Crippen molar-refractivity contribution in [1.82, 2.24) is 0 Å². The van der Waals surface area contributed by atoms with Crippen molar-refractivity contribution in [3.8, 4) is 0 Å². The van der Waals surface area contributed by atoms with Crippen LogP contribution in [-0.2, 0) is 38.4 Å². The van der Waals surface area contributed by atoms with Crippen LogP contribution in [0.25, 0.3) is 0 Å². The number of carbonyl (C=O) groups excluding carboxylic acids is 4. The molecule has 4 unspecified atom stereocenters. The fraction of sp³-hybridized carbons (Fsp3) is 0.436. The van der Waals surface area contributed by atoms with Crippen molar-refractivity contribution < 1.29 is 23.9 Å². The Morgan fingerprint density at radius 2 is 1.55 bits per heavy atom. The van der Waals surface area contributed by atoms with Crippen LogP contribution in [0.5, 0.6) is 0 Å². The average molecular weight is 595 g/mol. The molecule has 0 aliphatic carbocycles. The van der Waals surface area contributed by atoms with Gasteiger partial charge in [-0.05, 0) is 81.2 Å². The molecule has 44 heavy (non-hydrogen) atoms. The van der Waals surface area contributed by atoms with E-state index in [-0.39, 0.29) is 48.5 Å². The molecule has 0 N–H and O–H groups in total. The second-order valence-electron chi connectivity index (χ2n) is 13.2. The van der Waals surface area contributed by atoms with E-state index in [1.54, 1.807) is 6.92 Å². The largest absolute Gasteiger partial charge is 0.374 e. The standard InChI is InChI=1S/C39H46O5/c1-25-12-10-17-33(27(25)3)36(42)23-32(22-29-13-8-7-9-14-29)28(4)38(43)34-24-44-39(5,6)37(34)35(41)19-18-30-15-11-16-31(21-30)20-26(2)40/h7-17,21,28,32,34,37H,18-20,22-24H2,1-6H3. The van der Waals surface area contributed by atoms with Gasteiger partial charge in [0.25, 0.3) is 0 Å². The van der Waals surface area contributed by atoms with E-state index in [0.29, 0.717) is 24.8 Å². The first-order chi connectivity index (χ1) is 20.9. The number of ether oxygens (including phenoxy) is 1. The van der Waals surface area contributed by atoms with E-state index in [1.165, 1.54) is 0 Å². The molecule has 4 atom stereocenters. The Morgan fingerprint density at radius 3 is 2.25 bits per heavy atom. The fourth-order valence-corrected chi connectivity index (χ4v) is 6.75. The average Bonchev–Trinajstić information content (AvgIpc) is 3.31. The number of aryl methyl sites for hydroxylation is 2. The number of hydrogen-bond acceptors (Lipinski definition) is 5. The monoisotopic (exact) mass is 594 g/mol. The number of ketones is 4. The summed E-state index contributed by atoms with van der Waals surface area (Å²) in [6, 6.07) is 23.6. The van der Waals surface area contributed by atoms with Gasteiger partial charge in [0, 0.05) is 30.7 Å².